The summed E-state index contributed by atoms with van der Waals surface area (Å²) in [6.45, 7) is 4.61. The fourth-order valence-corrected chi connectivity index (χ4v) is 2.18. The average Bonchev–Trinajstić information content (AvgIpc) is 2.33. The number of nitrogens with zero attached hydrogens (tertiary/aromatic N) is 1. The maximum absolute atomic E-state index is 13.9. The number of halogens is 1. The molecule has 0 spiro atoms. The van der Waals surface area contributed by atoms with Crippen molar-refractivity contribution in [2.75, 3.05) is 7.05 Å². The van der Waals surface area contributed by atoms with E-state index in [-0.39, 0.29) is 5.56 Å². The highest BCUT2D eigenvalue weighted by Gasteiger charge is 2.17. The number of carbonyl (C=O) groups is 1. The number of benzene rings is 1. The lowest BCUT2D eigenvalue weighted by Gasteiger charge is -2.26. The standard InChI is InChI=1S/C14H20FNO2/c1-4-11(5-2)16(3)9-10-7-6-8-12(13(10)15)14(17)18/h6-8,11H,4-5,9H2,1-3H3,(H,17,18). The van der Waals surface area contributed by atoms with Crippen LogP contribution in [0.2, 0.25) is 0 Å². The number of hydrogen-bond acceptors (Lipinski definition) is 2. The summed E-state index contributed by atoms with van der Waals surface area (Å²) in [4.78, 5) is 12.9. The van der Waals surface area contributed by atoms with Crippen LogP contribution in [-0.4, -0.2) is 29.1 Å². The smallest absolute Gasteiger partial charge is 0.338 e. The Morgan fingerprint density at radius 2 is 2.00 bits per heavy atom. The molecule has 4 heteroatoms. The molecular weight excluding hydrogens is 233 g/mol. The second-order valence-corrected chi connectivity index (χ2v) is 4.47. The number of carboxylic acids is 1. The molecule has 1 aromatic rings. The van der Waals surface area contributed by atoms with Gasteiger partial charge in [0.05, 0.1) is 5.56 Å². The summed E-state index contributed by atoms with van der Waals surface area (Å²) in [5.41, 5.74) is 0.176. The Morgan fingerprint density at radius 1 is 1.39 bits per heavy atom. The van der Waals surface area contributed by atoms with Crippen molar-refractivity contribution in [3.05, 3.63) is 35.1 Å². The van der Waals surface area contributed by atoms with Gasteiger partial charge in [0.25, 0.3) is 0 Å². The van der Waals surface area contributed by atoms with Gasteiger partial charge in [0.15, 0.2) is 0 Å². The van der Waals surface area contributed by atoms with Crippen molar-refractivity contribution >= 4 is 5.97 Å². The minimum Gasteiger partial charge on any atom is -0.478 e. The Morgan fingerprint density at radius 3 is 2.50 bits per heavy atom. The van der Waals surface area contributed by atoms with Gasteiger partial charge in [0, 0.05) is 18.2 Å². The molecule has 0 aliphatic rings. The van der Waals surface area contributed by atoms with Crippen molar-refractivity contribution in [1.29, 1.82) is 0 Å². The molecule has 1 N–H and O–H groups in total. The molecule has 0 saturated carbocycles. The minimum absolute atomic E-state index is 0.259. The Hall–Kier alpha value is -1.42. The molecule has 1 aromatic carbocycles. The first-order chi connectivity index (χ1) is 8.51. The fraction of sp³-hybridized carbons (Fsp3) is 0.500. The molecular formula is C14H20FNO2. The molecule has 0 amide bonds. The van der Waals surface area contributed by atoms with E-state index in [1.165, 1.54) is 6.07 Å². The minimum atomic E-state index is -1.22. The van der Waals surface area contributed by atoms with E-state index < -0.39 is 11.8 Å². The maximum Gasteiger partial charge on any atom is 0.338 e. The van der Waals surface area contributed by atoms with Gasteiger partial charge in [-0.1, -0.05) is 26.0 Å². The maximum atomic E-state index is 13.9. The summed E-state index contributed by atoms with van der Waals surface area (Å²) in [6, 6.07) is 4.90. The van der Waals surface area contributed by atoms with E-state index in [4.69, 9.17) is 5.11 Å². The van der Waals surface area contributed by atoms with E-state index in [0.717, 1.165) is 12.8 Å². The van der Waals surface area contributed by atoms with E-state index in [1.807, 2.05) is 7.05 Å². The first-order valence-corrected chi connectivity index (χ1v) is 6.22. The van der Waals surface area contributed by atoms with Gasteiger partial charge >= 0.3 is 5.97 Å². The van der Waals surface area contributed by atoms with Crippen LogP contribution < -0.4 is 0 Å². The van der Waals surface area contributed by atoms with E-state index in [1.54, 1.807) is 12.1 Å². The number of aromatic carboxylic acids is 1. The second-order valence-electron chi connectivity index (χ2n) is 4.47. The van der Waals surface area contributed by atoms with Crippen LogP contribution >= 0.6 is 0 Å². The summed E-state index contributed by atoms with van der Waals surface area (Å²) in [5, 5.41) is 8.87. The molecule has 0 unspecified atom stereocenters. The monoisotopic (exact) mass is 253 g/mol. The summed E-state index contributed by atoms with van der Waals surface area (Å²) in [6.07, 6.45) is 1.99. The molecule has 0 aromatic heterocycles. The lowest BCUT2D eigenvalue weighted by atomic mass is 10.1. The van der Waals surface area contributed by atoms with Crippen molar-refractivity contribution in [1.82, 2.24) is 4.90 Å². The lowest BCUT2D eigenvalue weighted by Crippen LogP contribution is -2.30. The first-order valence-electron chi connectivity index (χ1n) is 6.22. The van der Waals surface area contributed by atoms with Gasteiger partial charge in [-0.05, 0) is 26.0 Å². The normalized spacial score (nSPS) is 11.2. The highest BCUT2D eigenvalue weighted by molar-refractivity contribution is 5.88. The van der Waals surface area contributed by atoms with E-state index >= 15 is 0 Å². The van der Waals surface area contributed by atoms with Crippen LogP contribution in [0.3, 0.4) is 0 Å². The SMILES string of the molecule is CCC(CC)N(C)Cc1cccc(C(=O)O)c1F. The van der Waals surface area contributed by atoms with Crippen molar-refractivity contribution in [3.8, 4) is 0 Å². The van der Waals surface area contributed by atoms with Crippen LogP contribution in [0.15, 0.2) is 18.2 Å². The topological polar surface area (TPSA) is 40.5 Å². The Bertz CT molecular complexity index is 416. The number of rotatable bonds is 6. The molecule has 100 valence electrons. The lowest BCUT2D eigenvalue weighted by molar-refractivity contribution is 0.0691. The van der Waals surface area contributed by atoms with Crippen molar-refractivity contribution in [2.24, 2.45) is 0 Å². The first kappa shape index (κ1) is 14.6. The number of hydrogen-bond donors (Lipinski definition) is 1. The van der Waals surface area contributed by atoms with Crippen LogP contribution in [0.5, 0.6) is 0 Å². The predicted octanol–water partition coefficient (Wildman–Crippen LogP) is 3.14. The molecule has 0 saturated heterocycles. The fourth-order valence-electron chi connectivity index (χ4n) is 2.18. The summed E-state index contributed by atoms with van der Waals surface area (Å²) < 4.78 is 13.9. The van der Waals surface area contributed by atoms with Gasteiger partial charge in [-0.15, -0.1) is 0 Å². The van der Waals surface area contributed by atoms with E-state index in [9.17, 15) is 9.18 Å². The van der Waals surface area contributed by atoms with E-state index in [2.05, 4.69) is 18.7 Å². The van der Waals surface area contributed by atoms with Gasteiger partial charge in [-0.2, -0.15) is 0 Å². The molecule has 0 fully saturated rings. The Kier molecular flexibility index (Phi) is 5.28. The van der Waals surface area contributed by atoms with Crippen LogP contribution in [0, 0.1) is 5.82 Å². The van der Waals surface area contributed by atoms with Crippen molar-refractivity contribution < 1.29 is 14.3 Å². The third-order valence-corrected chi connectivity index (χ3v) is 3.29. The molecule has 0 atom stereocenters. The van der Waals surface area contributed by atoms with Crippen LogP contribution in [0.1, 0.15) is 42.6 Å². The molecule has 1 rings (SSSR count). The van der Waals surface area contributed by atoms with E-state index in [0.29, 0.717) is 18.2 Å². The quantitative estimate of drug-likeness (QED) is 0.846. The van der Waals surface area contributed by atoms with Crippen LogP contribution in [0.25, 0.3) is 0 Å². The average molecular weight is 253 g/mol. The third-order valence-electron chi connectivity index (χ3n) is 3.29. The number of carboxylic acid groups (broad SMARTS) is 1. The Labute approximate surface area is 107 Å². The van der Waals surface area contributed by atoms with Gasteiger partial charge in [-0.25, -0.2) is 9.18 Å². The zero-order valence-electron chi connectivity index (χ0n) is 11.1. The Balaban J connectivity index is 2.91. The summed E-state index contributed by atoms with van der Waals surface area (Å²) >= 11 is 0. The van der Waals surface area contributed by atoms with Crippen LogP contribution in [-0.2, 0) is 6.54 Å². The molecule has 0 radical (unpaired) electrons. The highest BCUT2D eigenvalue weighted by atomic mass is 19.1. The molecule has 0 aliphatic carbocycles. The molecule has 0 bridgehead atoms. The zero-order chi connectivity index (χ0) is 13.7. The van der Waals surface area contributed by atoms with Gasteiger partial charge < -0.3 is 5.11 Å². The summed E-state index contributed by atoms with van der Waals surface area (Å²) in [7, 11) is 1.94. The van der Waals surface area contributed by atoms with Gasteiger partial charge in [0.2, 0.25) is 0 Å². The summed E-state index contributed by atoms with van der Waals surface area (Å²) in [5.74, 6) is -1.85. The largest absolute Gasteiger partial charge is 0.478 e. The third kappa shape index (κ3) is 3.29. The second kappa shape index (κ2) is 6.50. The van der Waals surface area contributed by atoms with Gasteiger partial charge in [0.1, 0.15) is 5.82 Å². The van der Waals surface area contributed by atoms with Gasteiger partial charge in [-0.3, -0.25) is 4.90 Å². The molecule has 18 heavy (non-hydrogen) atoms. The zero-order valence-corrected chi connectivity index (χ0v) is 11.1. The molecule has 0 aliphatic heterocycles. The van der Waals surface area contributed by atoms with Crippen molar-refractivity contribution in [3.63, 3.8) is 0 Å². The molecule has 3 nitrogen and oxygen atoms in total. The highest BCUT2D eigenvalue weighted by Crippen LogP contribution is 2.17. The van der Waals surface area contributed by atoms with Crippen LogP contribution in [0.4, 0.5) is 4.39 Å². The predicted molar refractivity (Wildman–Crippen MR) is 69.2 cm³/mol. The molecule has 0 heterocycles. The van der Waals surface area contributed by atoms with Crippen molar-refractivity contribution in [2.45, 2.75) is 39.3 Å².